The van der Waals surface area contributed by atoms with Crippen molar-refractivity contribution in [2.24, 2.45) is 0 Å². The Morgan fingerprint density at radius 1 is 0.333 bits per heavy atom. The molecule has 0 fully saturated rings. The molecule has 0 aliphatic heterocycles. The van der Waals surface area contributed by atoms with E-state index in [1.807, 2.05) is 6.08 Å². The molecule has 494 valence electrons. The van der Waals surface area contributed by atoms with Crippen molar-refractivity contribution in [3.8, 4) is 0 Å². The highest BCUT2D eigenvalue weighted by molar-refractivity contribution is 5.76. The molecule has 0 aliphatic rings. The van der Waals surface area contributed by atoms with Crippen LogP contribution in [-0.2, 0) is 14.3 Å². The van der Waals surface area contributed by atoms with E-state index in [1.54, 1.807) is 6.08 Å². The van der Waals surface area contributed by atoms with E-state index >= 15 is 0 Å². The maximum absolute atomic E-state index is 12.5. The molecule has 6 heteroatoms. The van der Waals surface area contributed by atoms with Gasteiger partial charge in [-0.3, -0.25) is 9.59 Å². The molecule has 2 unspecified atom stereocenters. The van der Waals surface area contributed by atoms with Crippen LogP contribution < -0.4 is 5.32 Å². The van der Waals surface area contributed by atoms with Crippen LogP contribution in [0.3, 0.4) is 0 Å². The molecule has 0 saturated carbocycles. The second-order valence-corrected chi connectivity index (χ2v) is 26.0. The Balaban J connectivity index is 3.40. The molecule has 0 saturated heterocycles. The van der Waals surface area contributed by atoms with E-state index in [1.165, 1.54) is 334 Å². The van der Waals surface area contributed by atoms with Crippen LogP contribution in [0.4, 0.5) is 0 Å². The summed E-state index contributed by atoms with van der Waals surface area (Å²) in [5.41, 5.74) is 0. The predicted octanol–water partition coefficient (Wildman–Crippen LogP) is 24.8. The van der Waals surface area contributed by atoms with Gasteiger partial charge in [-0.05, 0) is 83.5 Å². The highest BCUT2D eigenvalue weighted by atomic mass is 16.5. The normalized spacial score (nSPS) is 12.8. The molecule has 0 spiro atoms. The van der Waals surface area contributed by atoms with Gasteiger partial charge in [0, 0.05) is 12.8 Å². The van der Waals surface area contributed by atoms with Crippen molar-refractivity contribution in [2.75, 3.05) is 13.2 Å². The topological polar surface area (TPSA) is 95.9 Å². The Hall–Kier alpha value is -2.18. The lowest BCUT2D eigenvalue weighted by atomic mass is 10.0. The lowest BCUT2D eigenvalue weighted by Crippen LogP contribution is -2.45. The average Bonchev–Trinajstić information content (AvgIpc) is 3.51. The number of aliphatic hydroxyl groups excluding tert-OH is 2. The molecule has 0 bridgehead atoms. The summed E-state index contributed by atoms with van der Waals surface area (Å²) in [7, 11) is 0. The van der Waals surface area contributed by atoms with Crippen molar-refractivity contribution >= 4 is 11.9 Å². The number of esters is 1. The molecule has 6 nitrogen and oxygen atoms in total. The number of unbranched alkanes of at least 4 members (excludes halogenated alkanes) is 54. The van der Waals surface area contributed by atoms with Gasteiger partial charge in [-0.1, -0.05) is 364 Å². The zero-order valence-corrected chi connectivity index (χ0v) is 56.6. The van der Waals surface area contributed by atoms with Crippen LogP contribution in [0, 0.1) is 0 Å². The van der Waals surface area contributed by atoms with Gasteiger partial charge in [-0.2, -0.15) is 0 Å². The summed E-state index contributed by atoms with van der Waals surface area (Å²) in [6.45, 7) is 4.89. The number of aliphatic hydroxyl groups is 2. The van der Waals surface area contributed by atoms with Crippen molar-refractivity contribution in [1.82, 2.24) is 5.32 Å². The third-order valence-electron chi connectivity index (χ3n) is 17.6. The molecule has 3 N–H and O–H groups in total. The summed E-state index contributed by atoms with van der Waals surface area (Å²) in [4.78, 5) is 24.6. The summed E-state index contributed by atoms with van der Waals surface area (Å²) < 4.78 is 5.48. The van der Waals surface area contributed by atoms with Crippen LogP contribution in [0.2, 0.25) is 0 Å². The second kappa shape index (κ2) is 73.3. The molecule has 0 radical (unpaired) electrons. The number of carbonyl (C=O) groups excluding carboxylic acids is 2. The Bertz CT molecular complexity index is 1400. The van der Waals surface area contributed by atoms with E-state index in [4.69, 9.17) is 4.74 Å². The van der Waals surface area contributed by atoms with Crippen molar-refractivity contribution in [3.05, 3.63) is 48.6 Å². The zero-order chi connectivity index (χ0) is 60.6. The van der Waals surface area contributed by atoms with Gasteiger partial charge in [0.2, 0.25) is 5.91 Å². The van der Waals surface area contributed by atoms with Crippen molar-refractivity contribution in [3.63, 3.8) is 0 Å². The highest BCUT2D eigenvalue weighted by Crippen LogP contribution is 2.19. The SMILES string of the molecule is CCCC/C=C\C/C=C\CCCCCCCC(=O)OCCCCCCCCCCCCCC/C=C\CCCCCCCCCCCCCCCCC(=O)NC(CO)C(O)/C=C/CCCCCCCCCCCCCCCCCCCCCCC. The van der Waals surface area contributed by atoms with E-state index in [9.17, 15) is 19.8 Å². The van der Waals surface area contributed by atoms with Crippen molar-refractivity contribution < 1.29 is 24.5 Å². The second-order valence-electron chi connectivity index (χ2n) is 26.0. The largest absolute Gasteiger partial charge is 0.466 e. The first-order valence-corrected chi connectivity index (χ1v) is 37.9. The predicted molar refractivity (Wildman–Crippen MR) is 370 cm³/mol. The quantitative estimate of drug-likeness (QED) is 0.0320. The van der Waals surface area contributed by atoms with Gasteiger partial charge in [0.1, 0.15) is 0 Å². The highest BCUT2D eigenvalue weighted by Gasteiger charge is 2.18. The Morgan fingerprint density at radius 3 is 0.952 bits per heavy atom. The molecule has 2 atom stereocenters. The average molecular weight is 1180 g/mol. The van der Waals surface area contributed by atoms with E-state index in [2.05, 4.69) is 55.6 Å². The number of allylic oxidation sites excluding steroid dienone is 7. The number of amides is 1. The van der Waals surface area contributed by atoms with Crippen LogP contribution >= 0.6 is 0 Å². The van der Waals surface area contributed by atoms with Gasteiger partial charge in [0.05, 0.1) is 25.4 Å². The number of hydrogen-bond donors (Lipinski definition) is 3. The minimum absolute atomic E-state index is 0.00242. The fraction of sp³-hybridized carbons (Fsp3) is 0.872. The molecule has 0 rings (SSSR count). The van der Waals surface area contributed by atoms with Gasteiger partial charge in [-0.25, -0.2) is 0 Å². The van der Waals surface area contributed by atoms with E-state index < -0.39 is 12.1 Å². The third-order valence-corrected chi connectivity index (χ3v) is 17.6. The molecule has 0 aromatic rings. The fourth-order valence-corrected chi connectivity index (χ4v) is 11.8. The smallest absolute Gasteiger partial charge is 0.305 e. The first-order valence-electron chi connectivity index (χ1n) is 37.9. The Kier molecular flexibility index (Phi) is 71.4. The van der Waals surface area contributed by atoms with Gasteiger partial charge < -0.3 is 20.3 Å². The fourth-order valence-electron chi connectivity index (χ4n) is 11.8. The number of rotatable bonds is 71. The Labute approximate surface area is 525 Å². The van der Waals surface area contributed by atoms with Crippen LogP contribution in [0.15, 0.2) is 48.6 Å². The molecule has 0 heterocycles. The number of carbonyl (C=O) groups is 2. The van der Waals surface area contributed by atoms with E-state index in [-0.39, 0.29) is 18.5 Å². The van der Waals surface area contributed by atoms with Crippen LogP contribution in [0.25, 0.3) is 0 Å². The van der Waals surface area contributed by atoms with Gasteiger partial charge in [-0.15, -0.1) is 0 Å². The van der Waals surface area contributed by atoms with Gasteiger partial charge in [0.15, 0.2) is 0 Å². The molecule has 1 amide bonds. The van der Waals surface area contributed by atoms with E-state index in [0.717, 1.165) is 51.4 Å². The summed E-state index contributed by atoms with van der Waals surface area (Å²) in [6.07, 6.45) is 96.4. The number of nitrogens with one attached hydrogen (secondary N) is 1. The van der Waals surface area contributed by atoms with Crippen molar-refractivity contribution in [1.29, 1.82) is 0 Å². The first-order chi connectivity index (χ1) is 41.5. The number of hydrogen-bond acceptors (Lipinski definition) is 5. The zero-order valence-electron chi connectivity index (χ0n) is 56.6. The third kappa shape index (κ3) is 68.9. The van der Waals surface area contributed by atoms with Crippen LogP contribution in [0.5, 0.6) is 0 Å². The lowest BCUT2D eigenvalue weighted by Gasteiger charge is -2.20. The summed E-state index contributed by atoms with van der Waals surface area (Å²) in [5.74, 6) is -0.0600. The first kappa shape index (κ1) is 81.8. The molecule has 0 aromatic carbocycles. The Morgan fingerprint density at radius 2 is 0.607 bits per heavy atom. The summed E-state index contributed by atoms with van der Waals surface area (Å²) in [6, 6.07) is -0.629. The standard InChI is InChI=1S/C78H147NO5/c1-3-5-7-9-11-13-15-17-19-20-21-22-31-34-37-40-43-46-50-54-58-62-66-70-76(81)75(74-80)79-77(82)71-67-63-59-55-51-47-44-41-38-35-32-29-27-25-23-24-26-28-30-33-36-39-42-45-49-53-57-61-65-69-73-84-78(83)72-68-64-60-56-52-48-18-16-14-12-10-8-6-4-2/h10,12,16,18,24,26,66,70,75-76,80-81H,3-9,11,13-15,17,19-23,25,27-65,67-69,71-74H2,1-2H3,(H,79,82)/b12-10-,18-16-,26-24-,70-66+. The van der Waals surface area contributed by atoms with Crippen molar-refractivity contribution in [2.45, 2.75) is 424 Å². The van der Waals surface area contributed by atoms with Gasteiger partial charge >= 0.3 is 5.97 Å². The molecular weight excluding hydrogens is 1030 g/mol. The van der Waals surface area contributed by atoms with Crippen LogP contribution in [-0.4, -0.2) is 47.4 Å². The maximum atomic E-state index is 12.5. The monoisotopic (exact) mass is 1180 g/mol. The van der Waals surface area contributed by atoms with E-state index in [0.29, 0.717) is 19.4 Å². The molecule has 84 heavy (non-hydrogen) atoms. The number of ether oxygens (including phenoxy) is 1. The molecular formula is C78H147NO5. The summed E-state index contributed by atoms with van der Waals surface area (Å²) in [5, 5.41) is 23.3. The maximum Gasteiger partial charge on any atom is 0.305 e. The summed E-state index contributed by atoms with van der Waals surface area (Å²) >= 11 is 0. The molecule has 0 aromatic heterocycles. The van der Waals surface area contributed by atoms with Gasteiger partial charge in [0.25, 0.3) is 0 Å². The minimum atomic E-state index is -0.845. The molecule has 0 aliphatic carbocycles. The lowest BCUT2D eigenvalue weighted by molar-refractivity contribution is -0.143. The van der Waals surface area contributed by atoms with Crippen LogP contribution in [0.1, 0.15) is 412 Å². The minimum Gasteiger partial charge on any atom is -0.466 e.